The number of benzene rings is 3. The van der Waals surface area contributed by atoms with Crippen molar-refractivity contribution in [2.75, 3.05) is 32.8 Å². The van der Waals surface area contributed by atoms with E-state index in [0.717, 1.165) is 5.56 Å². The van der Waals surface area contributed by atoms with Crippen LogP contribution in [0.5, 0.6) is 23.0 Å². The SMILES string of the molecule is C=CCOc1c(Br)cc(/C=C2\SC(=Nc3ccccc3OC)N(c3ccccc3OC)C2=O)cc1OC. The van der Waals surface area contributed by atoms with E-state index in [1.54, 1.807) is 44.4 Å². The molecule has 0 radical (unpaired) electrons. The van der Waals surface area contributed by atoms with Crippen molar-refractivity contribution < 1.29 is 23.7 Å². The second kappa shape index (κ2) is 12.0. The number of amidine groups is 1. The molecular weight excluding hydrogens is 556 g/mol. The molecule has 3 aromatic rings. The van der Waals surface area contributed by atoms with E-state index in [-0.39, 0.29) is 5.91 Å². The number of carbonyl (C=O) groups excluding carboxylic acids is 1. The van der Waals surface area contributed by atoms with Crippen LogP contribution in [-0.2, 0) is 4.79 Å². The zero-order chi connectivity index (χ0) is 26.4. The van der Waals surface area contributed by atoms with Gasteiger partial charge in [-0.2, -0.15) is 0 Å². The summed E-state index contributed by atoms with van der Waals surface area (Å²) in [6, 6.07) is 18.4. The Hall–Kier alpha value is -3.69. The summed E-state index contributed by atoms with van der Waals surface area (Å²) in [5.41, 5.74) is 1.95. The lowest BCUT2D eigenvalue weighted by molar-refractivity contribution is -0.113. The molecule has 0 N–H and O–H groups in total. The fourth-order valence-electron chi connectivity index (χ4n) is 3.66. The van der Waals surface area contributed by atoms with Crippen molar-refractivity contribution in [2.24, 2.45) is 4.99 Å². The lowest BCUT2D eigenvalue weighted by Gasteiger charge is -2.18. The molecule has 1 aliphatic heterocycles. The van der Waals surface area contributed by atoms with E-state index < -0.39 is 0 Å². The van der Waals surface area contributed by atoms with Gasteiger partial charge in [0, 0.05) is 0 Å². The molecule has 190 valence electrons. The van der Waals surface area contributed by atoms with Crippen LogP contribution in [0.15, 0.2) is 87.7 Å². The Balaban J connectivity index is 1.81. The van der Waals surface area contributed by atoms with Crippen LogP contribution in [-0.4, -0.2) is 39.0 Å². The molecule has 1 fully saturated rings. The minimum absolute atomic E-state index is 0.231. The maximum Gasteiger partial charge on any atom is 0.271 e. The van der Waals surface area contributed by atoms with Crippen molar-refractivity contribution in [1.82, 2.24) is 0 Å². The molecular formula is C28H25BrN2O5S. The van der Waals surface area contributed by atoms with Crippen LogP contribution in [0.1, 0.15) is 5.56 Å². The molecule has 0 aromatic heterocycles. The van der Waals surface area contributed by atoms with E-state index in [1.807, 2.05) is 54.6 Å². The second-order valence-electron chi connectivity index (χ2n) is 7.62. The van der Waals surface area contributed by atoms with Gasteiger partial charge in [-0.25, -0.2) is 4.99 Å². The predicted molar refractivity (Wildman–Crippen MR) is 153 cm³/mol. The van der Waals surface area contributed by atoms with E-state index >= 15 is 0 Å². The Kier molecular flexibility index (Phi) is 8.58. The Bertz CT molecular complexity index is 1390. The van der Waals surface area contributed by atoms with Gasteiger partial charge in [0.05, 0.1) is 36.4 Å². The van der Waals surface area contributed by atoms with Crippen molar-refractivity contribution in [3.8, 4) is 23.0 Å². The highest BCUT2D eigenvalue weighted by Gasteiger charge is 2.36. The molecule has 0 atom stereocenters. The molecule has 0 saturated carbocycles. The van der Waals surface area contributed by atoms with Gasteiger partial charge in [-0.1, -0.05) is 36.9 Å². The highest BCUT2D eigenvalue weighted by Crippen LogP contribution is 2.43. The summed E-state index contributed by atoms with van der Waals surface area (Å²) >= 11 is 4.81. The topological polar surface area (TPSA) is 69.6 Å². The Labute approximate surface area is 228 Å². The lowest BCUT2D eigenvalue weighted by Crippen LogP contribution is -2.29. The summed E-state index contributed by atoms with van der Waals surface area (Å²) < 4.78 is 23.0. The number of ether oxygens (including phenoxy) is 4. The first kappa shape index (κ1) is 26.4. The summed E-state index contributed by atoms with van der Waals surface area (Å²) in [7, 11) is 4.72. The molecule has 7 nitrogen and oxygen atoms in total. The van der Waals surface area contributed by atoms with Crippen molar-refractivity contribution in [1.29, 1.82) is 0 Å². The number of nitrogens with zero attached hydrogens (tertiary/aromatic N) is 2. The number of hydrogen-bond donors (Lipinski definition) is 0. The minimum Gasteiger partial charge on any atom is -0.495 e. The van der Waals surface area contributed by atoms with E-state index in [2.05, 4.69) is 22.5 Å². The number of anilines is 1. The molecule has 1 aliphatic rings. The predicted octanol–water partition coefficient (Wildman–Crippen LogP) is 6.85. The zero-order valence-electron chi connectivity index (χ0n) is 20.6. The van der Waals surface area contributed by atoms with Crippen LogP contribution >= 0.6 is 27.7 Å². The quantitative estimate of drug-likeness (QED) is 0.204. The van der Waals surface area contributed by atoms with E-state index in [1.165, 1.54) is 11.8 Å². The van der Waals surface area contributed by atoms with Gasteiger partial charge in [0.15, 0.2) is 16.7 Å². The number of methoxy groups -OCH3 is 3. The van der Waals surface area contributed by atoms with Crippen LogP contribution in [0.2, 0.25) is 0 Å². The number of rotatable bonds is 9. The highest BCUT2D eigenvalue weighted by molar-refractivity contribution is 9.10. The lowest BCUT2D eigenvalue weighted by atomic mass is 10.1. The Morgan fingerprint density at radius 1 is 0.973 bits per heavy atom. The fourth-order valence-corrected chi connectivity index (χ4v) is 5.22. The molecule has 1 saturated heterocycles. The van der Waals surface area contributed by atoms with Crippen LogP contribution < -0.4 is 23.8 Å². The molecule has 9 heteroatoms. The average Bonchev–Trinajstić information content (AvgIpc) is 3.21. The van der Waals surface area contributed by atoms with Crippen molar-refractivity contribution in [3.63, 3.8) is 0 Å². The summed E-state index contributed by atoms with van der Waals surface area (Å²) in [6.07, 6.45) is 3.45. The van der Waals surface area contributed by atoms with Crippen LogP contribution in [0.4, 0.5) is 11.4 Å². The monoisotopic (exact) mass is 580 g/mol. The molecule has 0 bridgehead atoms. The van der Waals surface area contributed by atoms with E-state index in [0.29, 0.717) is 55.5 Å². The van der Waals surface area contributed by atoms with Gasteiger partial charge in [0.25, 0.3) is 5.91 Å². The number of hydrogen-bond acceptors (Lipinski definition) is 7. The number of amides is 1. The largest absolute Gasteiger partial charge is 0.495 e. The third kappa shape index (κ3) is 5.68. The molecule has 0 aliphatic carbocycles. The molecule has 0 unspecified atom stereocenters. The van der Waals surface area contributed by atoms with Gasteiger partial charge in [-0.3, -0.25) is 9.69 Å². The van der Waals surface area contributed by atoms with E-state index in [4.69, 9.17) is 23.9 Å². The standard InChI is InChI=1S/C28H25BrN2O5S/c1-5-14-36-26-19(29)15-18(16-24(26)35-4)17-25-27(32)31(21-11-7-9-13-23(21)34-3)28(37-25)30-20-10-6-8-12-22(20)33-2/h5-13,15-17H,1,14H2,2-4H3/b25-17-,30-28?. The smallest absolute Gasteiger partial charge is 0.271 e. The van der Waals surface area contributed by atoms with E-state index in [9.17, 15) is 4.79 Å². The third-order valence-electron chi connectivity index (χ3n) is 5.33. The second-order valence-corrected chi connectivity index (χ2v) is 9.49. The summed E-state index contributed by atoms with van der Waals surface area (Å²) in [5.74, 6) is 2.01. The van der Waals surface area contributed by atoms with Crippen molar-refractivity contribution in [2.45, 2.75) is 0 Å². The van der Waals surface area contributed by atoms with Crippen LogP contribution in [0, 0.1) is 0 Å². The Morgan fingerprint density at radius 3 is 2.35 bits per heavy atom. The van der Waals surface area contributed by atoms with Crippen LogP contribution in [0.3, 0.4) is 0 Å². The maximum absolute atomic E-state index is 13.8. The molecule has 37 heavy (non-hydrogen) atoms. The molecule has 4 rings (SSSR count). The molecule has 0 spiro atoms. The number of aliphatic imine (C=N–C) groups is 1. The number of halogens is 1. The fraction of sp³-hybridized carbons (Fsp3) is 0.143. The summed E-state index contributed by atoms with van der Waals surface area (Å²) in [6.45, 7) is 4.02. The Morgan fingerprint density at radius 2 is 1.65 bits per heavy atom. The van der Waals surface area contributed by atoms with Crippen molar-refractivity contribution in [3.05, 3.63) is 88.3 Å². The molecule has 3 aromatic carbocycles. The van der Waals surface area contributed by atoms with Gasteiger partial charge >= 0.3 is 0 Å². The van der Waals surface area contributed by atoms with Gasteiger partial charge < -0.3 is 18.9 Å². The van der Waals surface area contributed by atoms with Gasteiger partial charge in [0.1, 0.15) is 23.8 Å². The summed E-state index contributed by atoms with van der Waals surface area (Å²) in [5, 5.41) is 0.474. The normalized spacial score (nSPS) is 15.2. The highest BCUT2D eigenvalue weighted by atomic mass is 79.9. The first-order chi connectivity index (χ1) is 18.0. The van der Waals surface area contributed by atoms with Crippen molar-refractivity contribution >= 4 is 56.2 Å². The minimum atomic E-state index is -0.231. The maximum atomic E-state index is 13.8. The third-order valence-corrected chi connectivity index (χ3v) is 6.89. The van der Waals surface area contributed by atoms with Crippen LogP contribution in [0.25, 0.3) is 6.08 Å². The number of para-hydroxylation sites is 4. The molecule has 1 amide bonds. The average molecular weight is 581 g/mol. The van der Waals surface area contributed by atoms with Gasteiger partial charge in [-0.05, 0) is 75.7 Å². The zero-order valence-corrected chi connectivity index (χ0v) is 23.0. The number of carbonyl (C=O) groups is 1. The number of thioether (sulfide) groups is 1. The molecule has 1 heterocycles. The van der Waals surface area contributed by atoms with Gasteiger partial charge in [-0.15, -0.1) is 0 Å². The summed E-state index contributed by atoms with van der Waals surface area (Å²) in [4.78, 5) is 20.6. The van der Waals surface area contributed by atoms with Gasteiger partial charge in [0.2, 0.25) is 0 Å². The first-order valence-corrected chi connectivity index (χ1v) is 12.8. The first-order valence-electron chi connectivity index (χ1n) is 11.2.